The molecule has 16 heavy (non-hydrogen) atoms. The van der Waals surface area contributed by atoms with Crippen LogP contribution in [-0.4, -0.2) is 11.2 Å². The van der Waals surface area contributed by atoms with Gasteiger partial charge in [-0.1, -0.05) is 37.9 Å². The average Bonchev–Trinajstić information content (AvgIpc) is 2.23. The fourth-order valence-corrected chi connectivity index (χ4v) is 1.77. The molecular formula is C13H18ClFO. The molecule has 0 saturated carbocycles. The van der Waals surface area contributed by atoms with Gasteiger partial charge in [0.1, 0.15) is 5.82 Å². The van der Waals surface area contributed by atoms with Crippen LogP contribution in [0, 0.1) is 11.7 Å². The number of aliphatic hydroxyl groups is 1. The maximum absolute atomic E-state index is 13.1. The van der Waals surface area contributed by atoms with Gasteiger partial charge >= 0.3 is 0 Å². The largest absolute Gasteiger partial charge is 0.393 e. The van der Waals surface area contributed by atoms with Crippen LogP contribution >= 0.6 is 11.6 Å². The lowest BCUT2D eigenvalue weighted by Gasteiger charge is -2.15. The Morgan fingerprint density at radius 2 is 2.12 bits per heavy atom. The predicted molar refractivity (Wildman–Crippen MR) is 65.2 cm³/mol. The van der Waals surface area contributed by atoms with Crippen LogP contribution in [0.5, 0.6) is 0 Å². The summed E-state index contributed by atoms with van der Waals surface area (Å²) in [6.45, 7) is 4.20. The van der Waals surface area contributed by atoms with Gasteiger partial charge in [0.2, 0.25) is 0 Å². The van der Waals surface area contributed by atoms with E-state index in [1.54, 1.807) is 6.07 Å². The summed E-state index contributed by atoms with van der Waals surface area (Å²) in [6.07, 6.45) is 1.88. The monoisotopic (exact) mass is 244 g/mol. The van der Waals surface area contributed by atoms with Crippen LogP contribution < -0.4 is 0 Å². The van der Waals surface area contributed by atoms with Gasteiger partial charge in [0, 0.05) is 0 Å². The minimum absolute atomic E-state index is 0.125. The summed E-state index contributed by atoms with van der Waals surface area (Å²) >= 11 is 5.59. The van der Waals surface area contributed by atoms with Gasteiger partial charge in [0.15, 0.2) is 0 Å². The molecule has 1 rings (SSSR count). The van der Waals surface area contributed by atoms with Crippen LogP contribution in [0.4, 0.5) is 4.39 Å². The van der Waals surface area contributed by atoms with Crippen molar-refractivity contribution in [2.75, 3.05) is 0 Å². The van der Waals surface area contributed by atoms with Crippen molar-refractivity contribution >= 4 is 11.6 Å². The van der Waals surface area contributed by atoms with Crippen LogP contribution in [-0.2, 0) is 6.42 Å². The third kappa shape index (κ3) is 4.11. The van der Waals surface area contributed by atoms with Gasteiger partial charge in [0.25, 0.3) is 0 Å². The fourth-order valence-electron chi connectivity index (χ4n) is 1.65. The van der Waals surface area contributed by atoms with Crippen molar-refractivity contribution in [2.24, 2.45) is 5.92 Å². The first kappa shape index (κ1) is 13.5. The Morgan fingerprint density at radius 1 is 1.44 bits per heavy atom. The van der Waals surface area contributed by atoms with Crippen LogP contribution in [0.25, 0.3) is 0 Å². The molecule has 1 aromatic rings. The van der Waals surface area contributed by atoms with E-state index in [2.05, 4.69) is 13.8 Å². The summed E-state index contributed by atoms with van der Waals surface area (Å²) in [6, 6.07) is 4.68. The molecule has 2 unspecified atom stereocenters. The molecule has 3 heteroatoms. The lowest BCUT2D eigenvalue weighted by molar-refractivity contribution is 0.144. The van der Waals surface area contributed by atoms with Gasteiger partial charge in [-0.15, -0.1) is 0 Å². The normalized spacial score (nSPS) is 14.8. The highest BCUT2D eigenvalue weighted by Crippen LogP contribution is 2.18. The van der Waals surface area contributed by atoms with E-state index < -0.39 is 11.9 Å². The van der Waals surface area contributed by atoms with E-state index in [0.29, 0.717) is 12.3 Å². The van der Waals surface area contributed by atoms with Crippen molar-refractivity contribution in [3.8, 4) is 0 Å². The first-order valence-electron chi connectivity index (χ1n) is 5.65. The van der Waals surface area contributed by atoms with Crippen molar-refractivity contribution in [3.63, 3.8) is 0 Å². The quantitative estimate of drug-likeness (QED) is 0.835. The molecule has 0 spiro atoms. The van der Waals surface area contributed by atoms with E-state index in [1.165, 1.54) is 12.1 Å². The number of halogens is 2. The van der Waals surface area contributed by atoms with E-state index in [1.807, 2.05) is 0 Å². The molecule has 0 bridgehead atoms. The summed E-state index contributed by atoms with van der Waals surface area (Å²) in [5.41, 5.74) is 0.790. The Kier molecular flexibility index (Phi) is 5.23. The SMILES string of the molecule is CCC(C)CC(O)Cc1ccc(Cl)c(F)c1. The number of rotatable bonds is 5. The van der Waals surface area contributed by atoms with Crippen molar-refractivity contribution in [2.45, 2.75) is 39.2 Å². The highest BCUT2D eigenvalue weighted by atomic mass is 35.5. The molecule has 0 aliphatic rings. The van der Waals surface area contributed by atoms with Gasteiger partial charge in [-0.05, 0) is 36.5 Å². The van der Waals surface area contributed by atoms with Gasteiger partial charge in [-0.2, -0.15) is 0 Å². The summed E-state index contributed by atoms with van der Waals surface area (Å²) < 4.78 is 13.1. The second kappa shape index (κ2) is 6.21. The zero-order chi connectivity index (χ0) is 12.1. The lowest BCUT2D eigenvalue weighted by atomic mass is 9.97. The summed E-state index contributed by atoms with van der Waals surface area (Å²) in [5, 5.41) is 9.93. The minimum atomic E-state index is -0.421. The van der Waals surface area contributed by atoms with Crippen molar-refractivity contribution in [1.82, 2.24) is 0 Å². The Bertz CT molecular complexity index is 341. The van der Waals surface area contributed by atoms with Crippen molar-refractivity contribution in [1.29, 1.82) is 0 Å². The summed E-state index contributed by atoms with van der Waals surface area (Å²) in [7, 11) is 0. The Labute approximate surface area is 101 Å². The molecule has 0 aromatic heterocycles. The zero-order valence-electron chi connectivity index (χ0n) is 9.71. The maximum Gasteiger partial charge on any atom is 0.142 e. The van der Waals surface area contributed by atoms with E-state index in [0.717, 1.165) is 18.4 Å². The zero-order valence-corrected chi connectivity index (χ0v) is 10.5. The van der Waals surface area contributed by atoms with Crippen molar-refractivity contribution in [3.05, 3.63) is 34.6 Å². The van der Waals surface area contributed by atoms with Gasteiger partial charge in [-0.3, -0.25) is 0 Å². The lowest BCUT2D eigenvalue weighted by Crippen LogP contribution is -2.14. The highest BCUT2D eigenvalue weighted by molar-refractivity contribution is 6.30. The molecule has 0 heterocycles. The number of hydrogen-bond acceptors (Lipinski definition) is 1. The van der Waals surface area contributed by atoms with Gasteiger partial charge in [-0.25, -0.2) is 4.39 Å². The summed E-state index contributed by atoms with van der Waals surface area (Å²) in [4.78, 5) is 0. The summed E-state index contributed by atoms with van der Waals surface area (Å²) in [5.74, 6) is 0.0713. The molecular weight excluding hydrogens is 227 g/mol. The van der Waals surface area contributed by atoms with E-state index in [9.17, 15) is 9.50 Å². The van der Waals surface area contributed by atoms with Crippen molar-refractivity contribution < 1.29 is 9.50 Å². The first-order chi connectivity index (χ1) is 7.52. The predicted octanol–water partition coefficient (Wildman–Crippen LogP) is 3.82. The molecule has 0 aliphatic heterocycles. The van der Waals surface area contributed by atoms with E-state index in [-0.39, 0.29) is 5.02 Å². The molecule has 0 fully saturated rings. The maximum atomic E-state index is 13.1. The third-order valence-electron chi connectivity index (χ3n) is 2.83. The highest BCUT2D eigenvalue weighted by Gasteiger charge is 2.11. The standard InChI is InChI=1S/C13H18ClFO/c1-3-9(2)6-11(16)7-10-4-5-12(14)13(15)8-10/h4-5,8-9,11,16H,3,6-7H2,1-2H3. The molecule has 90 valence electrons. The number of aliphatic hydroxyl groups excluding tert-OH is 1. The molecule has 1 nitrogen and oxygen atoms in total. The number of benzene rings is 1. The number of hydrogen-bond donors (Lipinski definition) is 1. The molecule has 0 aliphatic carbocycles. The van der Waals surface area contributed by atoms with Gasteiger partial charge in [0.05, 0.1) is 11.1 Å². The molecule has 0 radical (unpaired) electrons. The van der Waals surface area contributed by atoms with E-state index in [4.69, 9.17) is 11.6 Å². The smallest absolute Gasteiger partial charge is 0.142 e. The molecule has 1 aromatic carbocycles. The Morgan fingerprint density at radius 3 is 2.69 bits per heavy atom. The van der Waals surface area contributed by atoms with Crippen LogP contribution in [0.15, 0.2) is 18.2 Å². The molecule has 0 amide bonds. The topological polar surface area (TPSA) is 20.2 Å². The Hall–Kier alpha value is -0.600. The fraction of sp³-hybridized carbons (Fsp3) is 0.538. The molecule has 2 atom stereocenters. The minimum Gasteiger partial charge on any atom is -0.393 e. The molecule has 1 N–H and O–H groups in total. The first-order valence-corrected chi connectivity index (χ1v) is 6.02. The van der Waals surface area contributed by atoms with Gasteiger partial charge < -0.3 is 5.11 Å². The van der Waals surface area contributed by atoms with Crippen LogP contribution in [0.2, 0.25) is 5.02 Å². The third-order valence-corrected chi connectivity index (χ3v) is 3.13. The second-order valence-electron chi connectivity index (χ2n) is 4.36. The van der Waals surface area contributed by atoms with E-state index >= 15 is 0 Å². The second-order valence-corrected chi connectivity index (χ2v) is 4.76. The average molecular weight is 245 g/mol. The van der Waals surface area contributed by atoms with Crippen LogP contribution in [0.3, 0.4) is 0 Å². The molecule has 0 saturated heterocycles. The Balaban J connectivity index is 2.56. The van der Waals surface area contributed by atoms with Crippen LogP contribution in [0.1, 0.15) is 32.3 Å².